The first-order valence-electron chi connectivity index (χ1n) is 38.0. The first-order chi connectivity index (χ1) is 49.0. The van der Waals surface area contributed by atoms with Gasteiger partial charge in [0.15, 0.2) is 0 Å². The summed E-state index contributed by atoms with van der Waals surface area (Å²) in [5.74, 6) is 0. The van der Waals surface area contributed by atoms with E-state index in [-0.39, 0.29) is 44.6 Å². The summed E-state index contributed by atoms with van der Waals surface area (Å²) in [6.45, 7) is 49.3. The van der Waals surface area contributed by atoms with Crippen LogP contribution < -0.4 is 26.2 Å². The molecule has 2 aromatic heterocycles. The Bertz CT molecular complexity index is 5850. The topological polar surface area (TPSA) is 10.9 Å². The molecule has 104 heavy (non-hydrogen) atoms. The standard InChI is InChI=1S/C100H102BN3/c1-94(2,3)65-42-37-61(38-43-65)79-55-67(96(7,8)9)46-49-85(79)102-88-53-63(64-51-69(98(13,14)15)54-70(52-64)99(16,17)18)41-48-82(88)101-83-59-81-75-32-25-23-30-73(75)72-29-22-24-31-74(72)77-34-28-35-78-76-33-26-27-36-84(76)104(93(77)78)87(81)60-89(83)103(91-58-71(100(19,20)21)57-90(102)92(91)101)86-50-47-68(97(10,11)12)56-80(86)62-39-44-66(45-40-62)95(4,5)6/h22-60H,1-21H3. The largest absolute Gasteiger partial charge is 0.311 e. The maximum Gasteiger partial charge on any atom is 0.252 e. The molecule has 0 aliphatic carbocycles. The molecule has 0 fully saturated rings. The summed E-state index contributed by atoms with van der Waals surface area (Å²) in [6.07, 6.45) is 0. The van der Waals surface area contributed by atoms with Crippen molar-refractivity contribution in [3.63, 3.8) is 0 Å². The van der Waals surface area contributed by atoms with Gasteiger partial charge in [0.2, 0.25) is 0 Å². The van der Waals surface area contributed by atoms with E-state index in [4.69, 9.17) is 0 Å². The van der Waals surface area contributed by atoms with Crippen LogP contribution in [0, 0.1) is 0 Å². The average molecular weight is 1360 g/mol. The van der Waals surface area contributed by atoms with Crippen LogP contribution in [0.1, 0.15) is 184 Å². The molecule has 0 saturated carbocycles. The third kappa shape index (κ3) is 11.5. The second kappa shape index (κ2) is 23.8. The van der Waals surface area contributed by atoms with Crippen molar-refractivity contribution in [3.8, 4) is 33.4 Å². The molecule has 0 spiro atoms. The molecule has 4 heteroatoms. The molecule has 16 rings (SSSR count). The third-order valence-corrected chi connectivity index (χ3v) is 23.0. The lowest BCUT2D eigenvalue weighted by molar-refractivity contribution is 0.569. The van der Waals surface area contributed by atoms with Crippen molar-refractivity contribution >= 4 is 117 Å². The van der Waals surface area contributed by atoms with Crippen molar-refractivity contribution in [2.24, 2.45) is 0 Å². The highest BCUT2D eigenvalue weighted by Gasteiger charge is 2.46. The van der Waals surface area contributed by atoms with E-state index in [1.165, 1.54) is 160 Å². The van der Waals surface area contributed by atoms with E-state index in [2.05, 4.69) is 396 Å². The Kier molecular flexibility index (Phi) is 15.7. The van der Waals surface area contributed by atoms with E-state index < -0.39 is 0 Å². The molecule has 0 amide bonds. The summed E-state index contributed by atoms with van der Waals surface area (Å²) in [4.78, 5) is 5.46. The van der Waals surface area contributed by atoms with Crippen LogP contribution in [0.3, 0.4) is 0 Å². The summed E-state index contributed by atoms with van der Waals surface area (Å²) in [5.41, 5.74) is 30.0. The number of benzene rings is 12. The van der Waals surface area contributed by atoms with Crippen molar-refractivity contribution in [3.05, 3.63) is 276 Å². The van der Waals surface area contributed by atoms with Gasteiger partial charge in [-0.1, -0.05) is 327 Å². The molecule has 2 aliphatic rings. The lowest BCUT2D eigenvalue weighted by atomic mass is 9.33. The fourth-order valence-corrected chi connectivity index (χ4v) is 16.8. The van der Waals surface area contributed by atoms with Crippen LogP contribution in [0.4, 0.5) is 34.1 Å². The Morgan fingerprint density at radius 3 is 1.06 bits per heavy atom. The van der Waals surface area contributed by atoms with Crippen molar-refractivity contribution < 1.29 is 0 Å². The Morgan fingerprint density at radius 1 is 0.221 bits per heavy atom. The lowest BCUT2D eigenvalue weighted by Gasteiger charge is -2.46. The Labute approximate surface area is 619 Å². The number of hydrogen-bond donors (Lipinski definition) is 0. The van der Waals surface area contributed by atoms with Crippen molar-refractivity contribution in [1.82, 2.24) is 4.40 Å². The highest BCUT2D eigenvalue weighted by molar-refractivity contribution is 7.00. The van der Waals surface area contributed by atoms with Gasteiger partial charge in [-0.25, -0.2) is 0 Å². The number of rotatable bonds is 5. The van der Waals surface area contributed by atoms with Gasteiger partial charge in [-0.05, 0) is 192 Å². The van der Waals surface area contributed by atoms with E-state index in [1.54, 1.807) is 0 Å². The van der Waals surface area contributed by atoms with Gasteiger partial charge in [0.1, 0.15) is 0 Å². The lowest BCUT2D eigenvalue weighted by Crippen LogP contribution is -2.61. The number of anilines is 6. The fraction of sp³-hybridized carbons (Fsp3) is 0.280. The second-order valence-corrected chi connectivity index (χ2v) is 37.5. The van der Waals surface area contributed by atoms with Crippen molar-refractivity contribution in [2.75, 3.05) is 9.80 Å². The molecule has 0 radical (unpaired) electrons. The van der Waals surface area contributed by atoms with Gasteiger partial charge < -0.3 is 14.2 Å². The molecule has 14 aromatic rings. The molecule has 0 atom stereocenters. The Morgan fingerprint density at radius 2 is 0.596 bits per heavy atom. The summed E-state index contributed by atoms with van der Waals surface area (Å²) < 4.78 is 2.64. The van der Waals surface area contributed by atoms with Crippen LogP contribution in [-0.2, 0) is 37.9 Å². The minimum absolute atomic E-state index is 0.0177. The Balaban J connectivity index is 1.13. The number of fused-ring (bicyclic) bond motifs is 14. The minimum atomic E-state index is -0.288. The van der Waals surface area contributed by atoms with Crippen LogP contribution in [0.25, 0.3) is 93.0 Å². The van der Waals surface area contributed by atoms with E-state index in [0.717, 1.165) is 22.6 Å². The molecule has 0 unspecified atom stereocenters. The van der Waals surface area contributed by atoms with Crippen LogP contribution in [0.15, 0.2) is 237 Å². The fourth-order valence-electron chi connectivity index (χ4n) is 16.8. The molecule has 2 aliphatic heterocycles. The highest BCUT2D eigenvalue weighted by atomic mass is 15.2. The summed E-state index contributed by atoms with van der Waals surface area (Å²) in [6, 6.07) is 93.9. The van der Waals surface area contributed by atoms with Gasteiger partial charge in [-0.15, -0.1) is 0 Å². The zero-order valence-corrected chi connectivity index (χ0v) is 65.4. The van der Waals surface area contributed by atoms with E-state index in [9.17, 15) is 0 Å². The monoisotopic (exact) mass is 1360 g/mol. The molecular weight excluding hydrogens is 1250 g/mol. The quantitative estimate of drug-likeness (QED) is 0.159. The molecule has 4 heterocycles. The molecule has 0 saturated heterocycles. The maximum atomic E-state index is 2.74. The second-order valence-electron chi connectivity index (χ2n) is 37.5. The van der Waals surface area contributed by atoms with Gasteiger partial charge in [-0.3, -0.25) is 0 Å². The van der Waals surface area contributed by atoms with Crippen LogP contribution in [0.5, 0.6) is 0 Å². The number of aromatic nitrogens is 1. The minimum Gasteiger partial charge on any atom is -0.311 e. The normalized spacial score (nSPS) is 13.8. The van der Waals surface area contributed by atoms with Gasteiger partial charge in [0.25, 0.3) is 6.71 Å². The molecule has 0 N–H and O–H groups in total. The van der Waals surface area contributed by atoms with E-state index >= 15 is 0 Å². The number of para-hydroxylation sites is 2. The van der Waals surface area contributed by atoms with Gasteiger partial charge in [0, 0.05) is 55.4 Å². The molecule has 0 bridgehead atoms. The zero-order chi connectivity index (χ0) is 73.4. The number of hydrogen-bond acceptors (Lipinski definition) is 2. The smallest absolute Gasteiger partial charge is 0.252 e. The first kappa shape index (κ1) is 68.5. The molecule has 520 valence electrons. The van der Waals surface area contributed by atoms with Crippen LogP contribution >= 0.6 is 0 Å². The van der Waals surface area contributed by atoms with Gasteiger partial charge in [0.05, 0.1) is 27.9 Å². The molecule has 12 aromatic carbocycles. The van der Waals surface area contributed by atoms with Crippen LogP contribution in [0.2, 0.25) is 0 Å². The van der Waals surface area contributed by atoms with Crippen molar-refractivity contribution in [2.45, 2.75) is 183 Å². The predicted octanol–water partition coefficient (Wildman–Crippen LogP) is 26.4. The SMILES string of the molecule is CC(C)(C)c1ccc(-c2cc(C(C)(C)C)ccc2N2c3cc(-c4cc(C(C)(C)C)cc(C(C)(C)C)c4)ccc3B3c4cc5c6ccccc6c6ccccc6c6cccc7c8ccccc8n(c5cc4N(c4ccc(C(C)(C)C)cc4-c4ccc(C(C)(C)C)cc4)c4cc(C(C)(C)C)cc2c43)c67)cc1. The van der Waals surface area contributed by atoms with Crippen molar-refractivity contribution in [1.29, 1.82) is 0 Å². The highest BCUT2D eigenvalue weighted by Crippen LogP contribution is 2.53. The maximum absolute atomic E-state index is 2.74. The molecule has 3 nitrogen and oxygen atoms in total. The summed E-state index contributed by atoms with van der Waals surface area (Å²) >= 11 is 0. The summed E-state index contributed by atoms with van der Waals surface area (Å²) in [7, 11) is 0. The summed E-state index contributed by atoms with van der Waals surface area (Å²) in [5, 5.41) is 9.75. The van der Waals surface area contributed by atoms with E-state index in [1.807, 2.05) is 0 Å². The first-order valence-corrected chi connectivity index (χ1v) is 38.0. The Hall–Kier alpha value is -9.90. The predicted molar refractivity (Wildman–Crippen MR) is 455 cm³/mol. The number of nitrogens with zero attached hydrogens (tertiary/aromatic N) is 3. The van der Waals surface area contributed by atoms with Gasteiger partial charge >= 0.3 is 0 Å². The van der Waals surface area contributed by atoms with Crippen LogP contribution in [-0.4, -0.2) is 11.1 Å². The third-order valence-electron chi connectivity index (χ3n) is 23.0. The average Bonchev–Trinajstić information content (AvgIpc) is 0.893. The molecular formula is C100H102BN3. The van der Waals surface area contributed by atoms with Gasteiger partial charge in [-0.2, -0.15) is 0 Å². The van der Waals surface area contributed by atoms with E-state index in [0.29, 0.717) is 0 Å². The zero-order valence-electron chi connectivity index (χ0n) is 65.4.